The van der Waals surface area contributed by atoms with Gasteiger partial charge in [-0.25, -0.2) is 22.9 Å². The number of piperidine rings is 1. The molecule has 1 aromatic heterocycles. The predicted octanol–water partition coefficient (Wildman–Crippen LogP) is 2.41. The summed E-state index contributed by atoms with van der Waals surface area (Å²) in [6.07, 6.45) is 1.68. The van der Waals surface area contributed by atoms with E-state index in [1.54, 1.807) is 0 Å². The molecule has 0 aliphatic carbocycles. The molecule has 140 valence electrons. The summed E-state index contributed by atoms with van der Waals surface area (Å²) in [6, 6.07) is 8.85. The van der Waals surface area contributed by atoms with Crippen molar-refractivity contribution >= 4 is 27.5 Å². The van der Waals surface area contributed by atoms with Crippen LogP contribution in [0.4, 0.5) is 4.79 Å². The van der Waals surface area contributed by atoms with E-state index in [-0.39, 0.29) is 0 Å². The number of amides is 1. The van der Waals surface area contributed by atoms with Crippen LogP contribution in [0.2, 0.25) is 0 Å². The fourth-order valence-electron chi connectivity index (χ4n) is 3.29. The monoisotopic (exact) mass is 395 g/mol. The van der Waals surface area contributed by atoms with Crippen LogP contribution < -0.4 is 4.72 Å². The highest BCUT2D eigenvalue weighted by Crippen LogP contribution is 2.27. The van der Waals surface area contributed by atoms with Gasteiger partial charge in [-0.2, -0.15) is 0 Å². The number of benzene rings is 1. The number of thiazole rings is 1. The standard InChI is InChI=1S/C17H21N3O4S2/c1-26(23,24)19-14-8-5-9-20(17(21)22)15(14)10-13-11-25-16(18-13)12-6-3-2-4-7-12/h2-4,6-7,11,14-15,19H,5,8-10H2,1H3,(H,21,22)/t14-,15-/m1/s1. The molecule has 3 rings (SSSR count). The lowest BCUT2D eigenvalue weighted by molar-refractivity contribution is 0.0939. The maximum absolute atomic E-state index is 11.7. The molecule has 2 aromatic rings. The lowest BCUT2D eigenvalue weighted by Gasteiger charge is -2.39. The minimum Gasteiger partial charge on any atom is -0.465 e. The van der Waals surface area contributed by atoms with Gasteiger partial charge >= 0.3 is 6.09 Å². The average Bonchev–Trinajstić information content (AvgIpc) is 3.04. The van der Waals surface area contributed by atoms with Crippen LogP contribution in [-0.4, -0.2) is 54.4 Å². The third-order valence-corrected chi connectivity index (χ3v) is 6.05. The predicted molar refractivity (Wildman–Crippen MR) is 101 cm³/mol. The molecule has 26 heavy (non-hydrogen) atoms. The van der Waals surface area contributed by atoms with E-state index in [0.717, 1.165) is 22.5 Å². The van der Waals surface area contributed by atoms with Gasteiger partial charge in [0.25, 0.3) is 0 Å². The Kier molecular flexibility index (Phi) is 5.59. The molecule has 1 aromatic carbocycles. The number of carboxylic acid groups (broad SMARTS) is 1. The third kappa shape index (κ3) is 4.60. The lowest BCUT2D eigenvalue weighted by atomic mass is 9.94. The average molecular weight is 396 g/mol. The first kappa shape index (κ1) is 18.8. The van der Waals surface area contributed by atoms with Crippen molar-refractivity contribution in [3.63, 3.8) is 0 Å². The van der Waals surface area contributed by atoms with Crippen LogP contribution in [0.5, 0.6) is 0 Å². The Hall–Kier alpha value is -1.97. The zero-order valence-corrected chi connectivity index (χ0v) is 16.0. The Labute approximate surface area is 156 Å². The van der Waals surface area contributed by atoms with Crippen LogP contribution in [0.3, 0.4) is 0 Å². The molecular weight excluding hydrogens is 374 g/mol. The molecule has 0 spiro atoms. The van der Waals surface area contributed by atoms with Gasteiger partial charge in [-0.05, 0) is 12.8 Å². The normalized spacial score (nSPS) is 20.9. The van der Waals surface area contributed by atoms with Gasteiger partial charge in [-0.1, -0.05) is 30.3 Å². The maximum Gasteiger partial charge on any atom is 0.407 e. The van der Waals surface area contributed by atoms with E-state index >= 15 is 0 Å². The molecule has 1 aliphatic rings. The largest absolute Gasteiger partial charge is 0.465 e. The summed E-state index contributed by atoms with van der Waals surface area (Å²) in [5.41, 5.74) is 1.78. The number of nitrogens with zero attached hydrogens (tertiary/aromatic N) is 2. The number of sulfonamides is 1. The second-order valence-electron chi connectivity index (χ2n) is 6.40. The number of hydrogen-bond acceptors (Lipinski definition) is 5. The lowest BCUT2D eigenvalue weighted by Crippen LogP contribution is -2.57. The van der Waals surface area contributed by atoms with E-state index in [0.29, 0.717) is 25.8 Å². The summed E-state index contributed by atoms with van der Waals surface area (Å²) >= 11 is 1.50. The minimum absolute atomic E-state index is 0.378. The fourth-order valence-corrected chi connectivity index (χ4v) is 4.95. The third-order valence-electron chi connectivity index (χ3n) is 4.38. The summed E-state index contributed by atoms with van der Waals surface area (Å²) in [7, 11) is -3.42. The van der Waals surface area contributed by atoms with Crippen molar-refractivity contribution in [1.82, 2.24) is 14.6 Å². The number of rotatable bonds is 5. The first-order valence-corrected chi connectivity index (χ1v) is 11.1. The van der Waals surface area contributed by atoms with Crippen molar-refractivity contribution in [3.05, 3.63) is 41.4 Å². The quantitative estimate of drug-likeness (QED) is 0.810. The highest BCUT2D eigenvalue weighted by Gasteiger charge is 2.36. The van der Waals surface area contributed by atoms with Gasteiger partial charge < -0.3 is 10.0 Å². The van der Waals surface area contributed by atoms with Gasteiger partial charge in [-0.15, -0.1) is 11.3 Å². The van der Waals surface area contributed by atoms with Crippen molar-refractivity contribution in [2.24, 2.45) is 0 Å². The molecule has 1 amide bonds. The van der Waals surface area contributed by atoms with E-state index in [4.69, 9.17) is 0 Å². The number of hydrogen-bond donors (Lipinski definition) is 2. The molecule has 2 atom stereocenters. The van der Waals surface area contributed by atoms with Gasteiger partial charge in [0.05, 0.1) is 18.0 Å². The zero-order chi connectivity index (χ0) is 18.7. The molecule has 1 fully saturated rings. The summed E-state index contributed by atoms with van der Waals surface area (Å²) in [6.45, 7) is 0.400. The molecular formula is C17H21N3O4S2. The van der Waals surface area contributed by atoms with Crippen LogP contribution in [0.15, 0.2) is 35.7 Å². The van der Waals surface area contributed by atoms with Crippen LogP contribution in [0, 0.1) is 0 Å². The second kappa shape index (κ2) is 7.73. The van der Waals surface area contributed by atoms with Crippen LogP contribution in [-0.2, 0) is 16.4 Å². The molecule has 1 aliphatic heterocycles. The number of likely N-dealkylation sites (tertiary alicyclic amines) is 1. The maximum atomic E-state index is 11.7. The zero-order valence-electron chi connectivity index (χ0n) is 14.3. The SMILES string of the molecule is CS(=O)(=O)N[C@@H]1CCCN(C(=O)O)[C@@H]1Cc1csc(-c2ccccc2)n1. The molecule has 2 N–H and O–H groups in total. The summed E-state index contributed by atoms with van der Waals surface area (Å²) < 4.78 is 25.9. The van der Waals surface area contributed by atoms with E-state index in [2.05, 4.69) is 9.71 Å². The summed E-state index contributed by atoms with van der Waals surface area (Å²) in [5, 5.41) is 12.3. The summed E-state index contributed by atoms with van der Waals surface area (Å²) in [4.78, 5) is 17.6. The second-order valence-corrected chi connectivity index (χ2v) is 9.03. The topological polar surface area (TPSA) is 99.6 Å². The molecule has 1 saturated heterocycles. The Balaban J connectivity index is 1.83. The van der Waals surface area contributed by atoms with Crippen molar-refractivity contribution < 1.29 is 18.3 Å². The Morgan fingerprint density at radius 2 is 2.12 bits per heavy atom. The first-order valence-electron chi connectivity index (χ1n) is 8.30. The Morgan fingerprint density at radius 1 is 1.38 bits per heavy atom. The highest BCUT2D eigenvalue weighted by molar-refractivity contribution is 7.88. The molecule has 9 heteroatoms. The van der Waals surface area contributed by atoms with Crippen molar-refractivity contribution in [2.45, 2.75) is 31.3 Å². The van der Waals surface area contributed by atoms with Gasteiger partial charge in [0.15, 0.2) is 0 Å². The molecule has 0 unspecified atom stereocenters. The number of nitrogens with one attached hydrogen (secondary N) is 1. The van der Waals surface area contributed by atoms with Crippen LogP contribution in [0.1, 0.15) is 18.5 Å². The molecule has 0 bridgehead atoms. The van der Waals surface area contributed by atoms with Crippen molar-refractivity contribution in [3.8, 4) is 10.6 Å². The van der Waals surface area contributed by atoms with Crippen LogP contribution in [0.25, 0.3) is 10.6 Å². The fraction of sp³-hybridized carbons (Fsp3) is 0.412. The number of carbonyl (C=O) groups is 1. The Bertz CT molecular complexity index is 867. The van der Waals surface area contributed by atoms with Gasteiger partial charge in [0.1, 0.15) is 5.01 Å². The highest BCUT2D eigenvalue weighted by atomic mass is 32.2. The molecule has 0 saturated carbocycles. The van der Waals surface area contributed by atoms with E-state index in [1.807, 2.05) is 35.7 Å². The Morgan fingerprint density at radius 3 is 2.77 bits per heavy atom. The van der Waals surface area contributed by atoms with Gasteiger partial charge in [-0.3, -0.25) is 0 Å². The van der Waals surface area contributed by atoms with Crippen molar-refractivity contribution in [1.29, 1.82) is 0 Å². The first-order chi connectivity index (χ1) is 12.3. The van der Waals surface area contributed by atoms with Crippen LogP contribution >= 0.6 is 11.3 Å². The van der Waals surface area contributed by atoms with E-state index in [9.17, 15) is 18.3 Å². The summed E-state index contributed by atoms with van der Waals surface area (Å²) in [5.74, 6) is 0. The van der Waals surface area contributed by atoms with E-state index < -0.39 is 28.2 Å². The van der Waals surface area contributed by atoms with Gasteiger partial charge in [0.2, 0.25) is 10.0 Å². The van der Waals surface area contributed by atoms with E-state index in [1.165, 1.54) is 16.2 Å². The van der Waals surface area contributed by atoms with Gasteiger partial charge in [0, 0.05) is 30.0 Å². The minimum atomic E-state index is -3.42. The number of aromatic nitrogens is 1. The molecule has 0 radical (unpaired) electrons. The molecule has 2 heterocycles. The van der Waals surface area contributed by atoms with Crippen molar-refractivity contribution in [2.75, 3.05) is 12.8 Å². The smallest absolute Gasteiger partial charge is 0.407 e. The molecule has 7 nitrogen and oxygen atoms in total.